The predicted octanol–water partition coefficient (Wildman–Crippen LogP) is 0.0669. The Morgan fingerprint density at radius 2 is 2.33 bits per heavy atom. The molecule has 1 atom stereocenters. The lowest BCUT2D eigenvalue weighted by Gasteiger charge is -2.23. The third-order valence-corrected chi connectivity index (χ3v) is 2.36. The summed E-state index contributed by atoms with van der Waals surface area (Å²) in [7, 11) is 0. The van der Waals surface area contributed by atoms with E-state index in [1.165, 1.54) is 25.8 Å². The van der Waals surface area contributed by atoms with Crippen molar-refractivity contribution in [2.45, 2.75) is 31.7 Å². The fourth-order valence-corrected chi connectivity index (χ4v) is 1.60. The van der Waals surface area contributed by atoms with Crippen molar-refractivity contribution in [3.8, 4) is 0 Å². The van der Waals surface area contributed by atoms with E-state index in [4.69, 9.17) is 5.73 Å². The summed E-state index contributed by atoms with van der Waals surface area (Å²) in [6, 6.07) is 0.705. The zero-order valence-corrected chi connectivity index (χ0v) is 7.81. The first-order valence-corrected chi connectivity index (χ1v) is 5.07. The van der Waals surface area contributed by atoms with Crippen LogP contribution in [0.15, 0.2) is 0 Å². The molecule has 0 radical (unpaired) electrons. The first kappa shape index (κ1) is 9.96. The standard InChI is InChI=1S/C9H21N3/c10-5-3-6-11-8-9-4-1-2-7-12-9/h9,11-12H,1-8,10H2. The molecule has 3 nitrogen and oxygen atoms in total. The van der Waals surface area contributed by atoms with Crippen LogP contribution in [0.2, 0.25) is 0 Å². The second-order valence-electron chi connectivity index (χ2n) is 3.49. The van der Waals surface area contributed by atoms with Crippen molar-refractivity contribution >= 4 is 0 Å². The number of rotatable bonds is 5. The van der Waals surface area contributed by atoms with Crippen molar-refractivity contribution in [3.05, 3.63) is 0 Å². The molecule has 0 aromatic carbocycles. The molecule has 1 fully saturated rings. The van der Waals surface area contributed by atoms with Crippen LogP contribution >= 0.6 is 0 Å². The summed E-state index contributed by atoms with van der Waals surface area (Å²) in [6.07, 6.45) is 5.15. The molecule has 0 aromatic heterocycles. The first-order chi connectivity index (χ1) is 5.93. The molecular formula is C9H21N3. The van der Waals surface area contributed by atoms with Crippen molar-refractivity contribution in [1.82, 2.24) is 10.6 Å². The molecule has 1 aliphatic rings. The van der Waals surface area contributed by atoms with Crippen LogP contribution in [0, 0.1) is 0 Å². The Morgan fingerprint density at radius 3 is 3.00 bits per heavy atom. The van der Waals surface area contributed by atoms with Gasteiger partial charge in [-0.15, -0.1) is 0 Å². The van der Waals surface area contributed by atoms with Crippen LogP contribution in [-0.2, 0) is 0 Å². The minimum absolute atomic E-state index is 0.705. The number of hydrogen-bond acceptors (Lipinski definition) is 3. The molecular weight excluding hydrogens is 150 g/mol. The SMILES string of the molecule is NCCCNCC1CCCCN1. The number of hydrogen-bond donors (Lipinski definition) is 3. The number of nitrogens with one attached hydrogen (secondary N) is 2. The van der Waals surface area contributed by atoms with Gasteiger partial charge in [0.15, 0.2) is 0 Å². The molecule has 1 heterocycles. The average molecular weight is 171 g/mol. The van der Waals surface area contributed by atoms with Crippen molar-refractivity contribution in [2.24, 2.45) is 5.73 Å². The van der Waals surface area contributed by atoms with Crippen LogP contribution in [0.3, 0.4) is 0 Å². The van der Waals surface area contributed by atoms with E-state index < -0.39 is 0 Å². The summed E-state index contributed by atoms with van der Waals surface area (Å²) in [5.41, 5.74) is 5.39. The predicted molar refractivity (Wildman–Crippen MR) is 52.2 cm³/mol. The molecule has 4 N–H and O–H groups in total. The van der Waals surface area contributed by atoms with Gasteiger partial charge in [-0.3, -0.25) is 0 Å². The van der Waals surface area contributed by atoms with Crippen molar-refractivity contribution < 1.29 is 0 Å². The quantitative estimate of drug-likeness (QED) is 0.513. The molecule has 0 aliphatic carbocycles. The van der Waals surface area contributed by atoms with E-state index in [-0.39, 0.29) is 0 Å². The molecule has 72 valence electrons. The fourth-order valence-electron chi connectivity index (χ4n) is 1.60. The molecule has 1 saturated heterocycles. The normalized spacial score (nSPS) is 24.2. The Bertz CT molecular complexity index is 99.9. The molecule has 1 rings (SSSR count). The molecule has 1 aliphatic heterocycles. The topological polar surface area (TPSA) is 50.1 Å². The lowest BCUT2D eigenvalue weighted by atomic mass is 10.1. The highest BCUT2D eigenvalue weighted by atomic mass is 15.0. The zero-order valence-electron chi connectivity index (χ0n) is 7.81. The minimum Gasteiger partial charge on any atom is -0.330 e. The van der Waals surface area contributed by atoms with Gasteiger partial charge < -0.3 is 16.4 Å². The van der Waals surface area contributed by atoms with E-state index in [1.54, 1.807) is 0 Å². The molecule has 3 heteroatoms. The largest absolute Gasteiger partial charge is 0.330 e. The van der Waals surface area contributed by atoms with Gasteiger partial charge in [-0.25, -0.2) is 0 Å². The summed E-state index contributed by atoms with van der Waals surface area (Å²) in [4.78, 5) is 0. The van der Waals surface area contributed by atoms with Gasteiger partial charge in [-0.2, -0.15) is 0 Å². The zero-order chi connectivity index (χ0) is 8.65. The molecule has 1 unspecified atom stereocenters. The lowest BCUT2D eigenvalue weighted by Crippen LogP contribution is -2.42. The number of nitrogens with two attached hydrogens (primary N) is 1. The highest BCUT2D eigenvalue weighted by Gasteiger charge is 2.10. The van der Waals surface area contributed by atoms with E-state index in [0.717, 1.165) is 26.1 Å². The summed E-state index contributed by atoms with van der Waals surface area (Å²) < 4.78 is 0. The van der Waals surface area contributed by atoms with Gasteiger partial charge >= 0.3 is 0 Å². The Hall–Kier alpha value is -0.120. The monoisotopic (exact) mass is 171 g/mol. The average Bonchev–Trinajstić information content (AvgIpc) is 2.14. The minimum atomic E-state index is 0.705. The van der Waals surface area contributed by atoms with Gasteiger partial charge in [-0.1, -0.05) is 6.42 Å². The summed E-state index contributed by atoms with van der Waals surface area (Å²) >= 11 is 0. The fraction of sp³-hybridized carbons (Fsp3) is 1.00. The Kier molecular flexibility index (Phi) is 5.32. The summed E-state index contributed by atoms with van der Waals surface area (Å²) in [6.45, 7) is 4.17. The maximum absolute atomic E-state index is 5.39. The van der Waals surface area contributed by atoms with Crippen LogP contribution in [0.4, 0.5) is 0 Å². The van der Waals surface area contributed by atoms with Crippen molar-refractivity contribution in [3.63, 3.8) is 0 Å². The Labute approximate surface area is 75.1 Å². The second kappa shape index (κ2) is 6.40. The van der Waals surface area contributed by atoms with Gasteiger partial charge in [-0.05, 0) is 38.9 Å². The van der Waals surface area contributed by atoms with Gasteiger partial charge in [0.05, 0.1) is 0 Å². The molecule has 0 bridgehead atoms. The van der Waals surface area contributed by atoms with E-state index >= 15 is 0 Å². The third kappa shape index (κ3) is 4.04. The van der Waals surface area contributed by atoms with Gasteiger partial charge in [0.1, 0.15) is 0 Å². The van der Waals surface area contributed by atoms with Crippen molar-refractivity contribution in [2.75, 3.05) is 26.2 Å². The van der Waals surface area contributed by atoms with Crippen LogP contribution in [0.1, 0.15) is 25.7 Å². The van der Waals surface area contributed by atoms with E-state index in [2.05, 4.69) is 10.6 Å². The van der Waals surface area contributed by atoms with Crippen LogP contribution in [0.5, 0.6) is 0 Å². The summed E-state index contributed by atoms with van der Waals surface area (Å²) in [5, 5.41) is 6.92. The van der Waals surface area contributed by atoms with E-state index in [0.29, 0.717) is 6.04 Å². The Balaban J connectivity index is 1.91. The highest BCUT2D eigenvalue weighted by Crippen LogP contribution is 2.05. The molecule has 0 aromatic rings. The first-order valence-electron chi connectivity index (χ1n) is 5.07. The maximum atomic E-state index is 5.39. The lowest BCUT2D eigenvalue weighted by molar-refractivity contribution is 0.383. The van der Waals surface area contributed by atoms with Crippen LogP contribution in [0.25, 0.3) is 0 Å². The second-order valence-corrected chi connectivity index (χ2v) is 3.49. The Morgan fingerprint density at radius 1 is 1.42 bits per heavy atom. The molecule has 0 spiro atoms. The summed E-state index contributed by atoms with van der Waals surface area (Å²) in [5.74, 6) is 0. The van der Waals surface area contributed by atoms with E-state index in [1.807, 2.05) is 0 Å². The smallest absolute Gasteiger partial charge is 0.0192 e. The third-order valence-electron chi connectivity index (χ3n) is 2.36. The van der Waals surface area contributed by atoms with Crippen LogP contribution in [-0.4, -0.2) is 32.2 Å². The highest BCUT2D eigenvalue weighted by molar-refractivity contribution is 4.73. The van der Waals surface area contributed by atoms with Gasteiger partial charge in [0, 0.05) is 12.6 Å². The number of piperidine rings is 1. The van der Waals surface area contributed by atoms with Crippen LogP contribution < -0.4 is 16.4 Å². The molecule has 12 heavy (non-hydrogen) atoms. The molecule has 0 amide bonds. The van der Waals surface area contributed by atoms with Gasteiger partial charge in [0.2, 0.25) is 0 Å². The van der Waals surface area contributed by atoms with Gasteiger partial charge in [0.25, 0.3) is 0 Å². The van der Waals surface area contributed by atoms with E-state index in [9.17, 15) is 0 Å². The maximum Gasteiger partial charge on any atom is 0.0192 e. The molecule has 0 saturated carbocycles. The van der Waals surface area contributed by atoms with Crippen molar-refractivity contribution in [1.29, 1.82) is 0 Å².